The Kier molecular flexibility index (Phi) is 4.80. The Morgan fingerprint density at radius 3 is 2.66 bits per heavy atom. The van der Waals surface area contributed by atoms with E-state index in [1.165, 1.54) is 4.68 Å². The molecule has 1 N–H and O–H groups in total. The van der Waals surface area contributed by atoms with Crippen LogP contribution < -0.4 is 15.6 Å². The van der Waals surface area contributed by atoms with Gasteiger partial charge in [-0.25, -0.2) is 4.68 Å². The second-order valence-corrected chi connectivity index (χ2v) is 6.93. The minimum Gasteiger partial charge on any atom is -0.496 e. The highest BCUT2D eigenvalue weighted by Gasteiger charge is 2.23. The van der Waals surface area contributed by atoms with Crippen LogP contribution in [0, 0.1) is 0 Å². The van der Waals surface area contributed by atoms with Gasteiger partial charge in [-0.3, -0.25) is 9.59 Å². The SMILES string of the molecule is COc1ccccc1CNC(=O)[C@@H](C)n1c2ccccc2c2cnn(C)c(=O)c21. The number of aromatic nitrogens is 3. The molecule has 0 fully saturated rings. The van der Waals surface area contributed by atoms with Crippen molar-refractivity contribution in [1.82, 2.24) is 19.7 Å². The maximum Gasteiger partial charge on any atom is 0.291 e. The third-order valence-electron chi connectivity index (χ3n) is 5.22. The number of rotatable bonds is 5. The van der Waals surface area contributed by atoms with E-state index in [0.29, 0.717) is 12.1 Å². The monoisotopic (exact) mass is 390 g/mol. The van der Waals surface area contributed by atoms with Crippen molar-refractivity contribution in [3.63, 3.8) is 0 Å². The van der Waals surface area contributed by atoms with Crippen LogP contribution in [0.3, 0.4) is 0 Å². The Labute approximate surface area is 167 Å². The summed E-state index contributed by atoms with van der Waals surface area (Å²) in [5, 5.41) is 8.75. The van der Waals surface area contributed by atoms with Crippen LogP contribution in [0.2, 0.25) is 0 Å². The molecule has 1 atom stereocenters. The van der Waals surface area contributed by atoms with Crippen LogP contribution in [0.25, 0.3) is 21.8 Å². The van der Waals surface area contributed by atoms with E-state index in [2.05, 4.69) is 10.4 Å². The Balaban J connectivity index is 1.74. The first-order chi connectivity index (χ1) is 14.0. The molecule has 7 heteroatoms. The van der Waals surface area contributed by atoms with Gasteiger partial charge in [-0.2, -0.15) is 5.10 Å². The number of nitrogens with one attached hydrogen (secondary N) is 1. The third-order valence-corrected chi connectivity index (χ3v) is 5.22. The zero-order valence-corrected chi connectivity index (χ0v) is 16.5. The van der Waals surface area contributed by atoms with Gasteiger partial charge in [-0.15, -0.1) is 0 Å². The van der Waals surface area contributed by atoms with E-state index in [-0.39, 0.29) is 11.5 Å². The van der Waals surface area contributed by atoms with Gasteiger partial charge in [0.1, 0.15) is 17.3 Å². The number of ether oxygens (including phenoxy) is 1. The highest BCUT2D eigenvalue weighted by molar-refractivity contribution is 6.08. The first kappa shape index (κ1) is 18.7. The predicted molar refractivity (Wildman–Crippen MR) is 112 cm³/mol. The van der Waals surface area contributed by atoms with Crippen LogP contribution >= 0.6 is 0 Å². The number of benzene rings is 2. The van der Waals surface area contributed by atoms with E-state index >= 15 is 0 Å². The molecule has 4 aromatic rings. The van der Waals surface area contributed by atoms with Crippen molar-refractivity contribution in [3.05, 3.63) is 70.6 Å². The molecule has 0 unspecified atom stereocenters. The molecule has 2 heterocycles. The molecule has 0 saturated carbocycles. The average molecular weight is 390 g/mol. The number of carbonyl (C=O) groups excluding carboxylic acids is 1. The molecule has 29 heavy (non-hydrogen) atoms. The number of fused-ring (bicyclic) bond motifs is 3. The number of aryl methyl sites for hydroxylation is 1. The van der Waals surface area contributed by atoms with E-state index in [0.717, 1.165) is 27.6 Å². The molecule has 0 aliphatic rings. The number of para-hydroxylation sites is 2. The summed E-state index contributed by atoms with van der Waals surface area (Å²) in [6.45, 7) is 2.13. The van der Waals surface area contributed by atoms with Crippen molar-refractivity contribution < 1.29 is 9.53 Å². The zero-order valence-electron chi connectivity index (χ0n) is 16.5. The summed E-state index contributed by atoms with van der Waals surface area (Å²) in [4.78, 5) is 25.8. The highest BCUT2D eigenvalue weighted by atomic mass is 16.5. The molecule has 0 aliphatic heterocycles. The number of hydrogen-bond donors (Lipinski definition) is 1. The first-order valence-corrected chi connectivity index (χ1v) is 9.37. The van der Waals surface area contributed by atoms with Crippen LogP contribution in [0.1, 0.15) is 18.5 Å². The highest BCUT2D eigenvalue weighted by Crippen LogP contribution is 2.29. The Bertz CT molecular complexity index is 1270. The molecular weight excluding hydrogens is 368 g/mol. The molecule has 0 aliphatic carbocycles. The second kappa shape index (κ2) is 7.43. The van der Waals surface area contributed by atoms with Gasteiger partial charge in [0.05, 0.1) is 18.8 Å². The molecule has 4 rings (SSSR count). The molecule has 0 saturated heterocycles. The van der Waals surface area contributed by atoms with Crippen LogP contribution in [0.5, 0.6) is 5.75 Å². The number of methoxy groups -OCH3 is 1. The second-order valence-electron chi connectivity index (χ2n) is 6.93. The lowest BCUT2D eigenvalue weighted by Gasteiger charge is -2.17. The molecule has 2 aromatic heterocycles. The van der Waals surface area contributed by atoms with Crippen LogP contribution in [-0.2, 0) is 18.4 Å². The zero-order chi connectivity index (χ0) is 20.5. The van der Waals surface area contributed by atoms with Crippen LogP contribution in [0.15, 0.2) is 59.5 Å². The van der Waals surface area contributed by atoms with Gasteiger partial charge in [0.25, 0.3) is 5.56 Å². The van der Waals surface area contributed by atoms with E-state index in [1.54, 1.807) is 31.8 Å². The Hall–Kier alpha value is -3.61. The minimum atomic E-state index is -0.581. The summed E-state index contributed by atoms with van der Waals surface area (Å²) in [5.41, 5.74) is 1.96. The summed E-state index contributed by atoms with van der Waals surface area (Å²) in [5.74, 6) is 0.537. The van der Waals surface area contributed by atoms with E-state index < -0.39 is 6.04 Å². The van der Waals surface area contributed by atoms with Crippen molar-refractivity contribution in [2.45, 2.75) is 19.5 Å². The van der Waals surface area contributed by atoms with Crippen molar-refractivity contribution in [2.75, 3.05) is 7.11 Å². The number of nitrogens with zero attached hydrogens (tertiary/aromatic N) is 3. The fourth-order valence-corrected chi connectivity index (χ4v) is 3.69. The summed E-state index contributed by atoms with van der Waals surface area (Å²) >= 11 is 0. The van der Waals surface area contributed by atoms with E-state index in [1.807, 2.05) is 48.5 Å². The topological polar surface area (TPSA) is 78.2 Å². The number of carbonyl (C=O) groups is 1. The number of amides is 1. The average Bonchev–Trinajstić information content (AvgIpc) is 3.09. The summed E-state index contributed by atoms with van der Waals surface area (Å²) in [6.07, 6.45) is 1.68. The third kappa shape index (κ3) is 3.14. The van der Waals surface area contributed by atoms with Gasteiger partial charge in [0.15, 0.2) is 0 Å². The fraction of sp³-hybridized carbons (Fsp3) is 0.227. The molecular formula is C22H22N4O3. The molecule has 1 amide bonds. The van der Waals surface area contributed by atoms with Crippen LogP contribution in [-0.4, -0.2) is 27.4 Å². The maximum absolute atomic E-state index is 13.0. The van der Waals surface area contributed by atoms with Crippen molar-refractivity contribution in [1.29, 1.82) is 0 Å². The van der Waals surface area contributed by atoms with Crippen molar-refractivity contribution in [3.8, 4) is 5.75 Å². The Morgan fingerprint density at radius 2 is 1.86 bits per heavy atom. The number of hydrogen-bond acceptors (Lipinski definition) is 4. The van der Waals surface area contributed by atoms with Crippen molar-refractivity contribution >= 4 is 27.7 Å². The van der Waals surface area contributed by atoms with Gasteiger partial charge in [-0.1, -0.05) is 36.4 Å². The van der Waals surface area contributed by atoms with Gasteiger partial charge >= 0.3 is 0 Å². The Morgan fingerprint density at radius 1 is 1.14 bits per heavy atom. The lowest BCUT2D eigenvalue weighted by molar-refractivity contribution is -0.123. The summed E-state index contributed by atoms with van der Waals surface area (Å²) in [7, 11) is 3.21. The quantitative estimate of drug-likeness (QED) is 0.568. The van der Waals surface area contributed by atoms with Gasteiger partial charge in [-0.05, 0) is 19.1 Å². The standard InChI is InChI=1S/C22H22N4O3/c1-14(21(27)23-12-15-8-4-7-11-19(15)29-3)26-18-10-6-5-9-16(18)17-13-24-25(2)22(28)20(17)26/h4-11,13-14H,12H2,1-3H3,(H,23,27)/t14-/m1/s1. The molecule has 0 spiro atoms. The molecule has 2 aromatic carbocycles. The van der Waals surface area contributed by atoms with Gasteiger partial charge in [0, 0.05) is 29.9 Å². The summed E-state index contributed by atoms with van der Waals surface area (Å²) < 4.78 is 8.43. The van der Waals surface area contributed by atoms with E-state index in [4.69, 9.17) is 4.74 Å². The normalized spacial score (nSPS) is 12.2. The largest absolute Gasteiger partial charge is 0.496 e. The van der Waals surface area contributed by atoms with E-state index in [9.17, 15) is 9.59 Å². The molecule has 0 radical (unpaired) electrons. The van der Waals surface area contributed by atoms with Crippen LogP contribution in [0.4, 0.5) is 0 Å². The fourth-order valence-electron chi connectivity index (χ4n) is 3.69. The maximum atomic E-state index is 13.0. The van der Waals surface area contributed by atoms with Crippen molar-refractivity contribution in [2.24, 2.45) is 7.05 Å². The van der Waals surface area contributed by atoms with Gasteiger partial charge in [0.2, 0.25) is 5.91 Å². The first-order valence-electron chi connectivity index (χ1n) is 9.37. The summed E-state index contributed by atoms with van der Waals surface area (Å²) in [6, 6.07) is 14.6. The molecule has 148 valence electrons. The van der Waals surface area contributed by atoms with Gasteiger partial charge < -0.3 is 14.6 Å². The lowest BCUT2D eigenvalue weighted by Crippen LogP contribution is -2.32. The smallest absolute Gasteiger partial charge is 0.291 e. The molecule has 7 nitrogen and oxygen atoms in total. The lowest BCUT2D eigenvalue weighted by atomic mass is 10.2. The predicted octanol–water partition coefficient (Wildman–Crippen LogP) is 2.77. The molecule has 0 bridgehead atoms. The minimum absolute atomic E-state index is 0.183.